The van der Waals surface area contributed by atoms with Crippen molar-refractivity contribution in [3.05, 3.63) is 58.1 Å². The zero-order chi connectivity index (χ0) is 20.3. The SMILES string of the molecule is CCOC(=O)c1cnn(-c2cc(=O)n(C)c3ccccc23)c1CN(CC)CC. The average molecular weight is 382 g/mol. The zero-order valence-electron chi connectivity index (χ0n) is 16.8. The van der Waals surface area contributed by atoms with E-state index in [2.05, 4.69) is 23.8 Å². The molecule has 7 nitrogen and oxygen atoms in total. The minimum atomic E-state index is -0.399. The van der Waals surface area contributed by atoms with E-state index >= 15 is 0 Å². The molecule has 0 saturated heterocycles. The number of aromatic nitrogens is 3. The fourth-order valence-electron chi connectivity index (χ4n) is 3.34. The van der Waals surface area contributed by atoms with E-state index in [1.807, 2.05) is 24.3 Å². The number of fused-ring (bicyclic) bond motifs is 1. The molecule has 1 aromatic carbocycles. The van der Waals surface area contributed by atoms with Crippen molar-refractivity contribution in [3.8, 4) is 5.69 Å². The van der Waals surface area contributed by atoms with Gasteiger partial charge in [-0.1, -0.05) is 32.0 Å². The van der Waals surface area contributed by atoms with Crippen LogP contribution < -0.4 is 5.56 Å². The second kappa shape index (κ2) is 8.39. The number of benzene rings is 1. The quantitative estimate of drug-likeness (QED) is 0.588. The Bertz CT molecular complexity index is 1050. The summed E-state index contributed by atoms with van der Waals surface area (Å²) in [5, 5.41) is 5.37. The van der Waals surface area contributed by atoms with Crippen molar-refractivity contribution in [1.29, 1.82) is 0 Å². The highest BCUT2D eigenvalue weighted by molar-refractivity contribution is 5.92. The molecule has 0 aliphatic carbocycles. The third kappa shape index (κ3) is 3.57. The number of hydrogen-bond acceptors (Lipinski definition) is 5. The van der Waals surface area contributed by atoms with Crippen molar-refractivity contribution in [1.82, 2.24) is 19.2 Å². The van der Waals surface area contributed by atoms with E-state index in [4.69, 9.17) is 4.74 Å². The Hall–Kier alpha value is -2.93. The van der Waals surface area contributed by atoms with E-state index in [9.17, 15) is 9.59 Å². The zero-order valence-corrected chi connectivity index (χ0v) is 16.8. The lowest BCUT2D eigenvalue weighted by atomic mass is 10.1. The molecule has 0 radical (unpaired) electrons. The van der Waals surface area contributed by atoms with Crippen LogP contribution in [0.3, 0.4) is 0 Å². The van der Waals surface area contributed by atoms with E-state index in [1.54, 1.807) is 29.3 Å². The van der Waals surface area contributed by atoms with Crippen LogP contribution in [0.4, 0.5) is 0 Å². The fraction of sp³-hybridized carbons (Fsp3) is 0.381. The molecule has 7 heteroatoms. The van der Waals surface area contributed by atoms with Gasteiger partial charge in [0.05, 0.1) is 29.7 Å². The van der Waals surface area contributed by atoms with Crippen molar-refractivity contribution in [3.63, 3.8) is 0 Å². The van der Waals surface area contributed by atoms with Gasteiger partial charge in [-0.2, -0.15) is 5.10 Å². The van der Waals surface area contributed by atoms with E-state index in [0.29, 0.717) is 24.4 Å². The molecule has 28 heavy (non-hydrogen) atoms. The third-order valence-corrected chi connectivity index (χ3v) is 4.99. The van der Waals surface area contributed by atoms with Gasteiger partial charge in [-0.25, -0.2) is 9.48 Å². The van der Waals surface area contributed by atoms with Crippen molar-refractivity contribution in [2.45, 2.75) is 27.3 Å². The van der Waals surface area contributed by atoms with Crippen LogP contribution in [0.25, 0.3) is 16.6 Å². The van der Waals surface area contributed by atoms with Crippen molar-refractivity contribution < 1.29 is 9.53 Å². The molecule has 0 N–H and O–H groups in total. The van der Waals surface area contributed by atoms with Crippen LogP contribution in [0, 0.1) is 0 Å². The fourth-order valence-corrected chi connectivity index (χ4v) is 3.34. The lowest BCUT2D eigenvalue weighted by Crippen LogP contribution is -2.26. The topological polar surface area (TPSA) is 69.4 Å². The van der Waals surface area contributed by atoms with Crippen LogP contribution in [0.1, 0.15) is 36.8 Å². The van der Waals surface area contributed by atoms with Gasteiger partial charge in [0, 0.05) is 25.0 Å². The first-order valence-electron chi connectivity index (χ1n) is 9.57. The molecule has 148 valence electrons. The Labute approximate surface area is 164 Å². The van der Waals surface area contributed by atoms with E-state index in [0.717, 1.165) is 29.7 Å². The van der Waals surface area contributed by atoms with Crippen LogP contribution in [0.2, 0.25) is 0 Å². The minimum absolute atomic E-state index is 0.129. The molecule has 2 heterocycles. The first-order chi connectivity index (χ1) is 13.5. The number of pyridine rings is 1. The van der Waals surface area contributed by atoms with Gasteiger partial charge in [-0.15, -0.1) is 0 Å². The Morgan fingerprint density at radius 3 is 2.57 bits per heavy atom. The summed E-state index contributed by atoms with van der Waals surface area (Å²) in [7, 11) is 1.75. The number of hydrogen-bond donors (Lipinski definition) is 0. The van der Waals surface area contributed by atoms with Crippen LogP contribution >= 0.6 is 0 Å². The van der Waals surface area contributed by atoms with Gasteiger partial charge in [0.15, 0.2) is 0 Å². The first-order valence-corrected chi connectivity index (χ1v) is 9.57. The normalized spacial score (nSPS) is 11.3. The van der Waals surface area contributed by atoms with Crippen LogP contribution in [0.15, 0.2) is 41.3 Å². The molecule has 0 saturated carbocycles. The van der Waals surface area contributed by atoms with Crippen LogP contribution in [-0.4, -0.2) is 44.9 Å². The predicted octanol–water partition coefficient (Wildman–Crippen LogP) is 2.74. The highest BCUT2D eigenvalue weighted by Gasteiger charge is 2.22. The molecular formula is C21H26N4O3. The number of aryl methyl sites for hydroxylation is 1. The Kier molecular flexibility index (Phi) is 5.94. The maximum atomic E-state index is 12.5. The molecule has 3 aromatic rings. The second-order valence-electron chi connectivity index (χ2n) is 6.54. The molecular weight excluding hydrogens is 356 g/mol. The number of ether oxygens (including phenoxy) is 1. The molecule has 3 rings (SSSR count). The summed E-state index contributed by atoms with van der Waals surface area (Å²) in [5.74, 6) is -0.399. The second-order valence-corrected chi connectivity index (χ2v) is 6.54. The Morgan fingerprint density at radius 2 is 1.89 bits per heavy atom. The first kappa shape index (κ1) is 19.8. The summed E-state index contributed by atoms with van der Waals surface area (Å²) in [6.45, 7) is 8.42. The predicted molar refractivity (Wildman–Crippen MR) is 109 cm³/mol. The van der Waals surface area contributed by atoms with E-state index in [-0.39, 0.29) is 5.56 Å². The van der Waals surface area contributed by atoms with Crippen molar-refractivity contribution in [2.75, 3.05) is 19.7 Å². The molecule has 0 spiro atoms. The molecule has 0 atom stereocenters. The van der Waals surface area contributed by atoms with Gasteiger partial charge < -0.3 is 9.30 Å². The summed E-state index contributed by atoms with van der Waals surface area (Å²) < 4.78 is 8.53. The molecule has 2 aromatic heterocycles. The van der Waals surface area contributed by atoms with Gasteiger partial charge in [0.1, 0.15) is 5.56 Å². The summed E-state index contributed by atoms with van der Waals surface area (Å²) in [4.78, 5) is 27.2. The molecule has 0 amide bonds. The number of carbonyl (C=O) groups excluding carboxylic acids is 1. The number of para-hydroxylation sites is 1. The third-order valence-electron chi connectivity index (χ3n) is 4.99. The van der Waals surface area contributed by atoms with Gasteiger partial charge in [0.25, 0.3) is 5.56 Å². The maximum Gasteiger partial charge on any atom is 0.341 e. The van der Waals surface area contributed by atoms with E-state index < -0.39 is 5.97 Å². The summed E-state index contributed by atoms with van der Waals surface area (Å²) in [6, 6.07) is 9.25. The van der Waals surface area contributed by atoms with Gasteiger partial charge >= 0.3 is 5.97 Å². The van der Waals surface area contributed by atoms with Gasteiger partial charge in [-0.3, -0.25) is 9.69 Å². The maximum absolute atomic E-state index is 12.5. The lowest BCUT2D eigenvalue weighted by Gasteiger charge is -2.20. The Morgan fingerprint density at radius 1 is 1.18 bits per heavy atom. The molecule has 0 aliphatic rings. The molecule has 0 unspecified atom stereocenters. The van der Waals surface area contributed by atoms with Crippen molar-refractivity contribution in [2.24, 2.45) is 7.05 Å². The van der Waals surface area contributed by atoms with Crippen LogP contribution in [0.5, 0.6) is 0 Å². The summed E-state index contributed by atoms with van der Waals surface area (Å²) in [5.41, 5.74) is 2.50. The highest BCUT2D eigenvalue weighted by atomic mass is 16.5. The van der Waals surface area contributed by atoms with Gasteiger partial charge in [0.2, 0.25) is 0 Å². The average Bonchev–Trinajstić information content (AvgIpc) is 3.12. The molecule has 0 fully saturated rings. The largest absolute Gasteiger partial charge is 0.462 e. The lowest BCUT2D eigenvalue weighted by molar-refractivity contribution is 0.0524. The monoisotopic (exact) mass is 382 g/mol. The number of nitrogens with zero attached hydrogens (tertiary/aromatic N) is 4. The number of carbonyl (C=O) groups is 1. The van der Waals surface area contributed by atoms with Crippen molar-refractivity contribution >= 4 is 16.9 Å². The van der Waals surface area contributed by atoms with Gasteiger partial charge in [-0.05, 0) is 26.1 Å². The summed E-state index contributed by atoms with van der Waals surface area (Å²) in [6.07, 6.45) is 1.53. The highest BCUT2D eigenvalue weighted by Crippen LogP contribution is 2.24. The molecule has 0 aliphatic heterocycles. The molecule has 0 bridgehead atoms. The van der Waals surface area contributed by atoms with E-state index in [1.165, 1.54) is 6.20 Å². The number of rotatable bonds is 7. The standard InChI is InChI=1S/C21H26N4O3/c1-5-24(6-2)14-19-16(21(27)28-7-3)13-22-25(19)18-12-20(26)23(4)17-11-9-8-10-15(17)18/h8-13H,5-7,14H2,1-4H3. The minimum Gasteiger partial charge on any atom is -0.462 e. The van der Waals surface area contributed by atoms with Crippen LogP contribution in [-0.2, 0) is 18.3 Å². The number of esters is 1. The Balaban J connectivity index is 2.25. The summed E-state index contributed by atoms with van der Waals surface area (Å²) >= 11 is 0. The smallest absolute Gasteiger partial charge is 0.341 e.